The number of nitrogens with one attached hydrogen (secondary N) is 1. The van der Waals surface area contributed by atoms with E-state index in [9.17, 15) is 13.2 Å². The van der Waals surface area contributed by atoms with Gasteiger partial charge >= 0.3 is 0 Å². The first-order chi connectivity index (χ1) is 16.8. The number of ether oxygens (including phenoxy) is 1. The number of hydrogen-bond acceptors (Lipinski definition) is 5. The minimum atomic E-state index is -4.01. The van der Waals surface area contributed by atoms with E-state index >= 15 is 0 Å². The highest BCUT2D eigenvalue weighted by molar-refractivity contribution is 7.98. The molecule has 0 aromatic heterocycles. The van der Waals surface area contributed by atoms with Crippen LogP contribution >= 0.6 is 23.4 Å². The van der Waals surface area contributed by atoms with Gasteiger partial charge in [0.25, 0.3) is 10.0 Å². The van der Waals surface area contributed by atoms with Gasteiger partial charge in [0.1, 0.15) is 12.3 Å². The van der Waals surface area contributed by atoms with Crippen molar-refractivity contribution in [2.75, 3.05) is 30.3 Å². The molecule has 35 heavy (non-hydrogen) atoms. The summed E-state index contributed by atoms with van der Waals surface area (Å²) in [5.74, 6) is 1.95. The van der Waals surface area contributed by atoms with Gasteiger partial charge in [-0.3, -0.25) is 9.10 Å². The molecule has 3 aromatic rings. The Morgan fingerprint density at radius 3 is 2.49 bits per heavy atom. The van der Waals surface area contributed by atoms with Crippen molar-refractivity contribution < 1.29 is 17.9 Å². The fraction of sp³-hybridized carbons (Fsp3) is 0.269. The van der Waals surface area contributed by atoms with Crippen molar-refractivity contribution in [2.45, 2.75) is 24.0 Å². The highest BCUT2D eigenvalue weighted by Gasteiger charge is 2.27. The summed E-state index contributed by atoms with van der Waals surface area (Å²) in [4.78, 5) is 12.8. The van der Waals surface area contributed by atoms with Crippen molar-refractivity contribution >= 4 is 45.0 Å². The summed E-state index contributed by atoms with van der Waals surface area (Å²) in [6, 6.07) is 20.9. The quantitative estimate of drug-likeness (QED) is 0.321. The summed E-state index contributed by atoms with van der Waals surface area (Å²) >= 11 is 7.91. The van der Waals surface area contributed by atoms with Crippen molar-refractivity contribution in [1.82, 2.24) is 5.32 Å². The average molecular weight is 533 g/mol. The Bertz CT molecular complexity index is 1230. The Labute approximate surface area is 216 Å². The maximum absolute atomic E-state index is 13.4. The number of amides is 1. The number of anilines is 1. The third-order valence-electron chi connectivity index (χ3n) is 5.17. The van der Waals surface area contributed by atoms with Crippen molar-refractivity contribution in [2.24, 2.45) is 0 Å². The number of halogens is 1. The topological polar surface area (TPSA) is 75.7 Å². The summed E-state index contributed by atoms with van der Waals surface area (Å²) in [5.41, 5.74) is 2.83. The van der Waals surface area contributed by atoms with Crippen LogP contribution in [0.1, 0.15) is 17.5 Å². The largest absolute Gasteiger partial charge is 0.497 e. The fourth-order valence-electron chi connectivity index (χ4n) is 3.40. The number of thioether (sulfide) groups is 1. The molecule has 0 aliphatic rings. The maximum Gasteiger partial charge on any atom is 0.264 e. The van der Waals surface area contributed by atoms with Gasteiger partial charge in [-0.05, 0) is 67.1 Å². The van der Waals surface area contributed by atoms with Gasteiger partial charge in [-0.1, -0.05) is 47.5 Å². The Kier molecular flexibility index (Phi) is 9.89. The van der Waals surface area contributed by atoms with E-state index in [2.05, 4.69) is 36.5 Å². The van der Waals surface area contributed by atoms with E-state index in [1.807, 2.05) is 0 Å². The Morgan fingerprint density at radius 2 is 1.80 bits per heavy atom. The van der Waals surface area contributed by atoms with Crippen LogP contribution in [0.15, 0.2) is 77.7 Å². The molecule has 0 saturated carbocycles. The number of benzene rings is 3. The lowest BCUT2D eigenvalue weighted by molar-refractivity contribution is -0.119. The summed E-state index contributed by atoms with van der Waals surface area (Å²) < 4.78 is 33.0. The molecule has 0 spiro atoms. The monoisotopic (exact) mass is 532 g/mol. The molecular weight excluding hydrogens is 504 g/mol. The number of carbonyl (C=O) groups excluding carboxylic acids is 1. The zero-order chi connectivity index (χ0) is 25.3. The van der Waals surface area contributed by atoms with Crippen molar-refractivity contribution in [3.05, 3.63) is 88.9 Å². The Balaban J connectivity index is 1.60. The predicted molar refractivity (Wildman–Crippen MR) is 144 cm³/mol. The highest BCUT2D eigenvalue weighted by Crippen LogP contribution is 2.27. The van der Waals surface area contributed by atoms with Gasteiger partial charge in [-0.25, -0.2) is 8.42 Å². The number of hydrogen-bond donors (Lipinski definition) is 1. The molecule has 3 rings (SSSR count). The lowest BCUT2D eigenvalue weighted by Crippen LogP contribution is -2.41. The zero-order valence-electron chi connectivity index (χ0n) is 19.7. The third-order valence-corrected chi connectivity index (χ3v) is 8.31. The fourth-order valence-corrected chi connectivity index (χ4v) is 5.91. The van der Waals surface area contributed by atoms with Crippen LogP contribution in [-0.4, -0.2) is 40.3 Å². The minimum absolute atomic E-state index is 0.0543. The van der Waals surface area contributed by atoms with Gasteiger partial charge in [0.05, 0.1) is 17.7 Å². The average Bonchev–Trinajstić information content (AvgIpc) is 2.84. The van der Waals surface area contributed by atoms with E-state index in [-0.39, 0.29) is 17.3 Å². The van der Waals surface area contributed by atoms with Crippen molar-refractivity contribution in [3.63, 3.8) is 0 Å². The first-order valence-corrected chi connectivity index (χ1v) is 14.1. The number of aryl methyl sites for hydroxylation is 1. The molecule has 0 unspecified atom stereocenters. The molecule has 3 aromatic carbocycles. The molecule has 0 aliphatic heterocycles. The highest BCUT2D eigenvalue weighted by atomic mass is 35.5. The first kappa shape index (κ1) is 26.9. The van der Waals surface area contributed by atoms with E-state index in [0.29, 0.717) is 23.0 Å². The number of sulfonamides is 1. The second kappa shape index (κ2) is 12.9. The third kappa shape index (κ3) is 7.92. The SMILES string of the molecule is COc1ccc(S(=O)(=O)N(CC(=O)NCCCSCc2cccc(C)c2)c2cccc(Cl)c2)cc1. The molecule has 0 radical (unpaired) electrons. The van der Waals surface area contributed by atoms with Gasteiger partial charge in [0, 0.05) is 17.3 Å². The second-order valence-corrected chi connectivity index (χ2v) is 11.3. The van der Waals surface area contributed by atoms with E-state index < -0.39 is 10.0 Å². The molecule has 0 heterocycles. The summed E-state index contributed by atoms with van der Waals surface area (Å²) in [6.07, 6.45) is 0.782. The molecular formula is C26H29ClN2O4S2. The molecule has 0 fully saturated rings. The molecule has 0 saturated heterocycles. The molecule has 0 atom stereocenters. The van der Waals surface area contributed by atoms with E-state index in [1.165, 1.54) is 36.4 Å². The maximum atomic E-state index is 13.4. The molecule has 9 heteroatoms. The molecule has 186 valence electrons. The molecule has 0 bridgehead atoms. The van der Waals surface area contributed by atoms with Crippen molar-refractivity contribution in [1.29, 1.82) is 0 Å². The Hall–Kier alpha value is -2.68. The molecule has 1 N–H and O–H groups in total. The van der Waals surface area contributed by atoms with Crippen molar-refractivity contribution in [3.8, 4) is 5.75 Å². The van der Waals surface area contributed by atoms with Crippen LogP contribution in [0.5, 0.6) is 5.75 Å². The number of methoxy groups -OCH3 is 1. The van der Waals surface area contributed by atoms with Gasteiger partial charge in [-0.15, -0.1) is 0 Å². The smallest absolute Gasteiger partial charge is 0.264 e. The Morgan fingerprint density at radius 1 is 1.06 bits per heavy atom. The standard InChI is InChI=1S/C26H29ClN2O4S2/c1-20-6-3-7-21(16-20)19-34-15-5-14-28-26(30)18-29(23-9-4-8-22(27)17-23)35(31,32)25-12-10-24(33-2)11-13-25/h3-4,6-13,16-17H,5,14-15,18-19H2,1-2H3,(H,28,30). The normalized spacial score (nSPS) is 11.2. The number of rotatable bonds is 12. The van der Waals surface area contributed by atoms with Crippen LogP contribution in [0, 0.1) is 6.92 Å². The number of carbonyl (C=O) groups is 1. The molecule has 6 nitrogen and oxygen atoms in total. The van der Waals surface area contributed by atoms with Crippen LogP contribution in [-0.2, 0) is 20.6 Å². The van der Waals surface area contributed by atoms with Gasteiger partial charge in [0.15, 0.2) is 0 Å². The summed E-state index contributed by atoms with van der Waals surface area (Å²) in [7, 11) is -2.50. The van der Waals surface area contributed by atoms with E-state index in [0.717, 1.165) is 22.2 Å². The van der Waals surface area contributed by atoms with E-state index in [1.54, 1.807) is 42.1 Å². The lowest BCUT2D eigenvalue weighted by atomic mass is 10.2. The predicted octanol–water partition coefficient (Wildman–Crippen LogP) is 5.29. The summed E-state index contributed by atoms with van der Waals surface area (Å²) in [5, 5.41) is 3.21. The van der Waals surface area contributed by atoms with E-state index in [4.69, 9.17) is 16.3 Å². The van der Waals surface area contributed by atoms with Gasteiger partial charge in [-0.2, -0.15) is 11.8 Å². The van der Waals surface area contributed by atoms with Crippen LogP contribution in [0.25, 0.3) is 0 Å². The van der Waals surface area contributed by atoms with Gasteiger partial charge in [0.2, 0.25) is 5.91 Å². The minimum Gasteiger partial charge on any atom is -0.497 e. The lowest BCUT2D eigenvalue weighted by Gasteiger charge is -2.24. The van der Waals surface area contributed by atoms with Crippen LogP contribution in [0.2, 0.25) is 5.02 Å². The van der Waals surface area contributed by atoms with Crippen LogP contribution in [0.4, 0.5) is 5.69 Å². The molecule has 0 aliphatic carbocycles. The zero-order valence-corrected chi connectivity index (χ0v) is 22.1. The van der Waals surface area contributed by atoms with Crippen LogP contribution < -0.4 is 14.4 Å². The second-order valence-electron chi connectivity index (χ2n) is 7.91. The molecule has 1 amide bonds. The first-order valence-electron chi connectivity index (χ1n) is 11.1. The summed E-state index contributed by atoms with van der Waals surface area (Å²) in [6.45, 7) is 2.18. The van der Waals surface area contributed by atoms with Crippen LogP contribution in [0.3, 0.4) is 0 Å². The van der Waals surface area contributed by atoms with Gasteiger partial charge < -0.3 is 10.1 Å². The number of nitrogens with zero attached hydrogens (tertiary/aromatic N) is 1.